The van der Waals surface area contributed by atoms with Crippen molar-refractivity contribution in [1.29, 1.82) is 5.26 Å². The predicted molar refractivity (Wildman–Crippen MR) is 64.2 cm³/mol. The summed E-state index contributed by atoms with van der Waals surface area (Å²) in [5.74, 6) is 1.06. The van der Waals surface area contributed by atoms with Gasteiger partial charge >= 0.3 is 0 Å². The van der Waals surface area contributed by atoms with Crippen LogP contribution in [0.5, 0.6) is 5.75 Å². The molecule has 0 aliphatic heterocycles. The monoisotopic (exact) mass is 218 g/mol. The van der Waals surface area contributed by atoms with Crippen LogP contribution < -0.4 is 10.5 Å². The third-order valence-electron chi connectivity index (χ3n) is 2.68. The molecule has 1 unspecified atom stereocenters. The van der Waals surface area contributed by atoms with Gasteiger partial charge in [-0.3, -0.25) is 0 Å². The Hall–Kier alpha value is -1.53. The first-order valence-corrected chi connectivity index (χ1v) is 5.31. The van der Waals surface area contributed by atoms with Gasteiger partial charge in [-0.05, 0) is 30.5 Å². The number of nitrogens with two attached hydrogens (primary N) is 1. The summed E-state index contributed by atoms with van der Waals surface area (Å²) in [6.07, 6.45) is 0. The SMILES string of the molecule is COc1ccc(C(C)C)cc1C(C)(N)C#N. The van der Waals surface area contributed by atoms with Crippen LogP contribution in [-0.4, -0.2) is 7.11 Å². The maximum absolute atomic E-state index is 9.07. The van der Waals surface area contributed by atoms with Crippen LogP contribution in [-0.2, 0) is 5.54 Å². The summed E-state index contributed by atoms with van der Waals surface area (Å²) in [6, 6.07) is 7.92. The quantitative estimate of drug-likeness (QED) is 0.848. The van der Waals surface area contributed by atoms with E-state index in [-0.39, 0.29) is 0 Å². The van der Waals surface area contributed by atoms with Gasteiger partial charge < -0.3 is 10.5 Å². The van der Waals surface area contributed by atoms with Crippen molar-refractivity contribution in [1.82, 2.24) is 0 Å². The van der Waals surface area contributed by atoms with E-state index in [2.05, 4.69) is 19.9 Å². The molecular formula is C13H18N2O. The van der Waals surface area contributed by atoms with Crippen molar-refractivity contribution in [3.8, 4) is 11.8 Å². The zero-order valence-corrected chi connectivity index (χ0v) is 10.2. The van der Waals surface area contributed by atoms with E-state index in [1.807, 2.05) is 18.2 Å². The zero-order chi connectivity index (χ0) is 12.3. The number of ether oxygens (including phenoxy) is 1. The summed E-state index contributed by atoms with van der Waals surface area (Å²) in [5.41, 5.74) is 6.82. The summed E-state index contributed by atoms with van der Waals surface area (Å²) < 4.78 is 5.24. The van der Waals surface area contributed by atoms with Crippen LogP contribution in [0.1, 0.15) is 37.8 Å². The van der Waals surface area contributed by atoms with Gasteiger partial charge in [0.2, 0.25) is 0 Å². The molecule has 0 saturated heterocycles. The second kappa shape index (κ2) is 4.54. The van der Waals surface area contributed by atoms with Crippen LogP contribution in [0, 0.1) is 11.3 Å². The number of hydrogen-bond donors (Lipinski definition) is 1. The molecule has 1 atom stereocenters. The van der Waals surface area contributed by atoms with Gasteiger partial charge in [0.25, 0.3) is 0 Å². The Kier molecular flexibility index (Phi) is 3.56. The van der Waals surface area contributed by atoms with Crippen molar-refractivity contribution in [2.24, 2.45) is 5.73 Å². The molecule has 86 valence electrons. The van der Waals surface area contributed by atoms with Crippen molar-refractivity contribution in [2.75, 3.05) is 7.11 Å². The molecule has 0 saturated carbocycles. The third-order valence-corrected chi connectivity index (χ3v) is 2.68. The summed E-state index contributed by atoms with van der Waals surface area (Å²) >= 11 is 0. The molecule has 1 aromatic rings. The highest BCUT2D eigenvalue weighted by Gasteiger charge is 2.25. The highest BCUT2D eigenvalue weighted by Crippen LogP contribution is 2.30. The van der Waals surface area contributed by atoms with Crippen molar-refractivity contribution >= 4 is 0 Å². The Morgan fingerprint density at radius 2 is 2.06 bits per heavy atom. The van der Waals surface area contributed by atoms with Gasteiger partial charge in [0, 0.05) is 5.56 Å². The molecule has 0 heterocycles. The first-order chi connectivity index (χ1) is 7.42. The van der Waals surface area contributed by atoms with Gasteiger partial charge in [-0.2, -0.15) is 5.26 Å². The fourth-order valence-corrected chi connectivity index (χ4v) is 1.55. The van der Waals surface area contributed by atoms with Crippen molar-refractivity contribution in [3.05, 3.63) is 29.3 Å². The number of nitriles is 1. The molecule has 0 bridgehead atoms. The second-order valence-electron chi connectivity index (χ2n) is 4.43. The van der Waals surface area contributed by atoms with Crippen LogP contribution in [0.2, 0.25) is 0 Å². The average Bonchev–Trinajstić information content (AvgIpc) is 2.28. The molecule has 1 rings (SSSR count). The molecule has 1 aromatic carbocycles. The molecule has 16 heavy (non-hydrogen) atoms. The van der Waals surface area contributed by atoms with E-state index in [1.54, 1.807) is 14.0 Å². The third kappa shape index (κ3) is 2.34. The van der Waals surface area contributed by atoms with Gasteiger partial charge in [0.15, 0.2) is 0 Å². The molecular weight excluding hydrogens is 200 g/mol. The summed E-state index contributed by atoms with van der Waals surface area (Å²) in [4.78, 5) is 0. The molecule has 0 amide bonds. The molecule has 0 radical (unpaired) electrons. The van der Waals surface area contributed by atoms with Gasteiger partial charge in [0.05, 0.1) is 13.2 Å². The molecule has 2 N–H and O–H groups in total. The fourth-order valence-electron chi connectivity index (χ4n) is 1.55. The lowest BCUT2D eigenvalue weighted by molar-refractivity contribution is 0.401. The summed E-state index contributed by atoms with van der Waals surface area (Å²) in [7, 11) is 1.58. The first kappa shape index (κ1) is 12.5. The highest BCUT2D eigenvalue weighted by molar-refractivity contribution is 5.45. The Bertz CT molecular complexity index is 416. The smallest absolute Gasteiger partial charge is 0.130 e. The van der Waals surface area contributed by atoms with Crippen LogP contribution >= 0.6 is 0 Å². The van der Waals surface area contributed by atoms with Crippen LogP contribution in [0.3, 0.4) is 0 Å². The lowest BCUT2D eigenvalue weighted by Gasteiger charge is -2.21. The fraction of sp³-hybridized carbons (Fsp3) is 0.462. The van der Waals surface area contributed by atoms with Gasteiger partial charge in [-0.15, -0.1) is 0 Å². The van der Waals surface area contributed by atoms with Crippen molar-refractivity contribution in [3.63, 3.8) is 0 Å². The lowest BCUT2D eigenvalue weighted by Crippen LogP contribution is -2.31. The van der Waals surface area contributed by atoms with Crippen LogP contribution in [0.15, 0.2) is 18.2 Å². The van der Waals surface area contributed by atoms with E-state index in [0.29, 0.717) is 11.7 Å². The molecule has 3 nitrogen and oxygen atoms in total. The number of benzene rings is 1. The minimum atomic E-state index is -1.02. The minimum Gasteiger partial charge on any atom is -0.496 e. The maximum atomic E-state index is 9.07. The van der Waals surface area contributed by atoms with Crippen molar-refractivity contribution < 1.29 is 4.74 Å². The number of nitrogens with zero attached hydrogens (tertiary/aromatic N) is 1. The molecule has 0 aliphatic rings. The van der Waals surface area contributed by atoms with E-state index in [9.17, 15) is 0 Å². The highest BCUT2D eigenvalue weighted by atomic mass is 16.5. The largest absolute Gasteiger partial charge is 0.496 e. The average molecular weight is 218 g/mol. The molecule has 3 heteroatoms. The Labute approximate surface area is 96.8 Å². The van der Waals surface area contributed by atoms with Gasteiger partial charge in [-0.1, -0.05) is 19.9 Å². The minimum absolute atomic E-state index is 0.402. The van der Waals surface area contributed by atoms with Gasteiger partial charge in [-0.25, -0.2) is 0 Å². The van der Waals surface area contributed by atoms with Gasteiger partial charge in [0.1, 0.15) is 11.3 Å². The molecule has 0 fully saturated rings. The topological polar surface area (TPSA) is 59.0 Å². The first-order valence-electron chi connectivity index (χ1n) is 5.31. The Balaban J connectivity index is 3.34. The number of rotatable bonds is 3. The second-order valence-corrected chi connectivity index (χ2v) is 4.43. The maximum Gasteiger partial charge on any atom is 0.130 e. The van der Waals surface area contributed by atoms with E-state index in [1.165, 1.54) is 0 Å². The van der Waals surface area contributed by atoms with E-state index < -0.39 is 5.54 Å². The number of hydrogen-bond acceptors (Lipinski definition) is 3. The van der Waals surface area contributed by atoms with Crippen molar-refractivity contribution in [2.45, 2.75) is 32.2 Å². The van der Waals surface area contributed by atoms with E-state index in [0.717, 1.165) is 11.1 Å². The van der Waals surface area contributed by atoms with E-state index >= 15 is 0 Å². The van der Waals surface area contributed by atoms with E-state index in [4.69, 9.17) is 15.7 Å². The predicted octanol–water partition coefficient (Wildman–Crippen LogP) is 2.52. The Morgan fingerprint density at radius 1 is 1.44 bits per heavy atom. The molecule has 0 aliphatic carbocycles. The Morgan fingerprint density at radius 3 is 2.50 bits per heavy atom. The van der Waals surface area contributed by atoms with Crippen LogP contribution in [0.4, 0.5) is 0 Å². The molecule has 0 spiro atoms. The molecule has 0 aromatic heterocycles. The summed E-state index contributed by atoms with van der Waals surface area (Å²) in [6.45, 7) is 5.90. The van der Waals surface area contributed by atoms with Crippen LogP contribution in [0.25, 0.3) is 0 Å². The zero-order valence-electron chi connectivity index (χ0n) is 10.2. The normalized spacial score (nSPS) is 14.3. The summed E-state index contributed by atoms with van der Waals surface area (Å²) in [5, 5.41) is 9.07. The lowest BCUT2D eigenvalue weighted by atomic mass is 9.90. The number of methoxy groups -OCH3 is 1. The standard InChI is InChI=1S/C13H18N2O/c1-9(2)10-5-6-12(16-4)11(7-10)13(3,15)8-14/h5-7,9H,15H2,1-4H3.